The third-order valence-corrected chi connectivity index (χ3v) is 4.69. The van der Waals surface area contributed by atoms with Gasteiger partial charge in [-0.05, 0) is 51.3 Å². The number of carbonyl (C=O) groups is 1. The lowest BCUT2D eigenvalue weighted by molar-refractivity contribution is -0.139. The monoisotopic (exact) mass is 468 g/mol. The fourth-order valence-electron chi connectivity index (χ4n) is 2.19. The van der Waals surface area contributed by atoms with E-state index in [1.54, 1.807) is 0 Å². The molecule has 0 aromatic heterocycles. The van der Waals surface area contributed by atoms with Crippen molar-refractivity contribution < 1.29 is 28.2 Å². The van der Waals surface area contributed by atoms with E-state index in [-0.39, 0.29) is 25.6 Å². The molecule has 0 amide bonds. The van der Waals surface area contributed by atoms with Crippen molar-refractivity contribution in [3.8, 4) is 5.75 Å². The topological polar surface area (TPSA) is 57.5 Å². The van der Waals surface area contributed by atoms with E-state index in [1.165, 1.54) is 24.3 Å². The van der Waals surface area contributed by atoms with Crippen LogP contribution in [0, 0.1) is 0 Å². The van der Waals surface area contributed by atoms with Crippen molar-refractivity contribution in [1.29, 1.82) is 0 Å². The summed E-state index contributed by atoms with van der Waals surface area (Å²) in [6.07, 6.45) is -2.51. The number of carboxylic acids is 1. The fraction of sp³-hybridized carbons (Fsp3) is 0.118. The minimum atomic E-state index is -4.63. The predicted molar refractivity (Wildman–Crippen MR) is 97.1 cm³/mol. The number of allylic oxidation sites excluding steroid dienone is 1. The molecular weight excluding hydrogens is 460 g/mol. The second-order valence-corrected chi connectivity index (χ2v) is 6.92. The van der Waals surface area contributed by atoms with E-state index in [4.69, 9.17) is 28.3 Å². The van der Waals surface area contributed by atoms with Crippen molar-refractivity contribution in [2.45, 2.75) is 12.1 Å². The zero-order valence-corrected chi connectivity index (χ0v) is 15.8. The quantitative estimate of drug-likeness (QED) is 0.535. The van der Waals surface area contributed by atoms with E-state index in [0.29, 0.717) is 5.56 Å². The van der Waals surface area contributed by atoms with E-state index in [9.17, 15) is 23.1 Å². The number of phenolic OH excluding ortho intramolecular Hbond substituents is 1. The third-order valence-electron chi connectivity index (χ3n) is 3.46. The number of aromatic carboxylic acids is 1. The minimum Gasteiger partial charge on any atom is -0.505 e. The van der Waals surface area contributed by atoms with E-state index in [1.807, 2.05) is 0 Å². The van der Waals surface area contributed by atoms with Gasteiger partial charge in [-0.3, -0.25) is 0 Å². The van der Waals surface area contributed by atoms with Gasteiger partial charge < -0.3 is 10.2 Å². The second kappa shape index (κ2) is 7.90. The van der Waals surface area contributed by atoms with Crippen LogP contribution in [0.4, 0.5) is 13.2 Å². The van der Waals surface area contributed by atoms with E-state index >= 15 is 0 Å². The van der Waals surface area contributed by atoms with Gasteiger partial charge in [-0.15, -0.1) is 0 Å². The van der Waals surface area contributed by atoms with Gasteiger partial charge in [0.05, 0.1) is 21.5 Å². The predicted octanol–water partition coefficient (Wildman–Crippen LogP) is 6.52. The SMILES string of the molecule is O=C(O)c1ccc(/C=C/C(c2cc(Cl)c(O)c(Cl)c2)C(F)(F)F)cc1Br. The number of aromatic hydroxyl groups is 1. The molecule has 2 N–H and O–H groups in total. The Labute approximate surface area is 164 Å². The Bertz CT molecular complexity index is 859. The summed E-state index contributed by atoms with van der Waals surface area (Å²) in [7, 11) is 0. The highest BCUT2D eigenvalue weighted by Gasteiger charge is 2.39. The molecule has 138 valence electrons. The summed E-state index contributed by atoms with van der Waals surface area (Å²) in [6.45, 7) is 0. The highest BCUT2D eigenvalue weighted by molar-refractivity contribution is 9.10. The van der Waals surface area contributed by atoms with E-state index in [2.05, 4.69) is 15.9 Å². The van der Waals surface area contributed by atoms with Crippen molar-refractivity contribution in [3.05, 3.63) is 67.6 Å². The van der Waals surface area contributed by atoms with Crippen LogP contribution in [-0.2, 0) is 0 Å². The van der Waals surface area contributed by atoms with Gasteiger partial charge in [-0.25, -0.2) is 4.79 Å². The summed E-state index contributed by atoms with van der Waals surface area (Å²) in [5, 5.41) is 17.9. The first-order chi connectivity index (χ1) is 12.0. The van der Waals surface area contributed by atoms with Gasteiger partial charge in [0, 0.05) is 4.47 Å². The average Bonchev–Trinajstić information content (AvgIpc) is 2.51. The second-order valence-electron chi connectivity index (χ2n) is 5.26. The summed E-state index contributed by atoms with van der Waals surface area (Å²) in [5.41, 5.74) is 0.126. The first-order valence-corrected chi connectivity index (χ1v) is 8.51. The Kier molecular flexibility index (Phi) is 6.26. The molecule has 26 heavy (non-hydrogen) atoms. The number of benzene rings is 2. The zero-order chi connectivity index (χ0) is 19.6. The van der Waals surface area contributed by atoms with Crippen LogP contribution < -0.4 is 0 Å². The molecule has 9 heteroatoms. The van der Waals surface area contributed by atoms with Gasteiger partial charge in [0.15, 0.2) is 5.75 Å². The Morgan fingerprint density at radius 2 is 1.73 bits per heavy atom. The molecule has 0 spiro atoms. The summed E-state index contributed by atoms with van der Waals surface area (Å²) >= 11 is 14.5. The molecule has 0 aliphatic carbocycles. The highest BCUT2D eigenvalue weighted by atomic mass is 79.9. The zero-order valence-electron chi connectivity index (χ0n) is 12.7. The molecule has 1 atom stereocenters. The van der Waals surface area contributed by atoms with Gasteiger partial charge in [0.2, 0.25) is 0 Å². The fourth-order valence-corrected chi connectivity index (χ4v) is 3.26. The summed E-state index contributed by atoms with van der Waals surface area (Å²) in [6, 6.07) is 6.05. The molecule has 0 radical (unpaired) electrons. The Morgan fingerprint density at radius 1 is 1.15 bits per heavy atom. The molecule has 0 saturated heterocycles. The molecule has 0 bridgehead atoms. The highest BCUT2D eigenvalue weighted by Crippen LogP contribution is 2.41. The Morgan fingerprint density at radius 3 is 2.19 bits per heavy atom. The number of alkyl halides is 3. The molecule has 2 aromatic carbocycles. The summed E-state index contributed by atoms with van der Waals surface area (Å²) in [5.74, 6) is -3.67. The van der Waals surface area contributed by atoms with Crippen LogP contribution in [0.15, 0.2) is 40.9 Å². The standard InChI is InChI=1S/C17H10BrCl2F3O3/c18-12-5-8(1-3-10(12)16(25)26)2-4-11(17(21,22)23)9-6-13(19)15(24)14(20)7-9/h1-7,11,24H,(H,25,26)/b4-2+. The average molecular weight is 470 g/mol. The Balaban J connectivity index is 2.42. The van der Waals surface area contributed by atoms with Gasteiger partial charge >= 0.3 is 12.1 Å². The summed E-state index contributed by atoms with van der Waals surface area (Å²) < 4.78 is 40.5. The first-order valence-electron chi connectivity index (χ1n) is 6.96. The molecular formula is C17H10BrCl2F3O3. The van der Waals surface area contributed by atoms with Crippen LogP contribution in [-0.4, -0.2) is 22.4 Å². The molecule has 3 nitrogen and oxygen atoms in total. The largest absolute Gasteiger partial charge is 0.505 e. The molecule has 2 aromatic rings. The van der Waals surface area contributed by atoms with Crippen molar-refractivity contribution in [3.63, 3.8) is 0 Å². The number of hydrogen-bond donors (Lipinski definition) is 2. The minimum absolute atomic E-state index is 0.00776. The van der Waals surface area contributed by atoms with Gasteiger partial charge in [0.25, 0.3) is 0 Å². The number of rotatable bonds is 4. The van der Waals surface area contributed by atoms with Crippen molar-refractivity contribution >= 4 is 51.2 Å². The van der Waals surface area contributed by atoms with Crippen LogP contribution in [0.1, 0.15) is 27.4 Å². The van der Waals surface area contributed by atoms with Crippen LogP contribution in [0.25, 0.3) is 6.08 Å². The number of phenols is 1. The maximum absolute atomic E-state index is 13.4. The number of hydrogen-bond acceptors (Lipinski definition) is 2. The normalized spacial score (nSPS) is 13.2. The molecule has 2 rings (SSSR count). The number of carboxylic acid groups (broad SMARTS) is 1. The molecule has 0 aliphatic rings. The molecule has 0 aliphatic heterocycles. The lowest BCUT2D eigenvalue weighted by Crippen LogP contribution is -2.19. The number of halogens is 6. The van der Waals surface area contributed by atoms with E-state index < -0.39 is 23.8 Å². The molecule has 0 fully saturated rings. The molecule has 0 heterocycles. The van der Waals surface area contributed by atoms with Crippen LogP contribution in [0.2, 0.25) is 10.0 Å². The summed E-state index contributed by atoms with van der Waals surface area (Å²) in [4.78, 5) is 11.0. The van der Waals surface area contributed by atoms with Crippen LogP contribution in [0.5, 0.6) is 5.75 Å². The third kappa shape index (κ3) is 4.72. The lowest BCUT2D eigenvalue weighted by Gasteiger charge is -2.18. The van der Waals surface area contributed by atoms with Gasteiger partial charge in [-0.2, -0.15) is 13.2 Å². The van der Waals surface area contributed by atoms with Gasteiger partial charge in [0.1, 0.15) is 0 Å². The maximum atomic E-state index is 13.4. The van der Waals surface area contributed by atoms with Crippen LogP contribution in [0.3, 0.4) is 0 Å². The smallest absolute Gasteiger partial charge is 0.399 e. The van der Waals surface area contributed by atoms with Crippen molar-refractivity contribution in [2.75, 3.05) is 0 Å². The lowest BCUT2D eigenvalue weighted by atomic mass is 9.96. The van der Waals surface area contributed by atoms with Crippen molar-refractivity contribution in [2.24, 2.45) is 0 Å². The Hall–Kier alpha value is -1.70. The molecule has 0 saturated carbocycles. The first kappa shape index (κ1) is 20.6. The molecule has 1 unspecified atom stereocenters. The van der Waals surface area contributed by atoms with Crippen molar-refractivity contribution in [1.82, 2.24) is 0 Å². The van der Waals surface area contributed by atoms with Gasteiger partial charge in [-0.1, -0.05) is 41.4 Å². The van der Waals surface area contributed by atoms with Crippen LogP contribution >= 0.6 is 39.1 Å². The van der Waals surface area contributed by atoms with E-state index in [0.717, 1.165) is 18.2 Å². The maximum Gasteiger partial charge on any atom is 0.399 e.